The monoisotopic (exact) mass is 232 g/mol. The molecule has 0 fully saturated rings. The molecule has 0 saturated carbocycles. The lowest BCUT2D eigenvalue weighted by Crippen LogP contribution is -2.46. The highest BCUT2D eigenvalue weighted by molar-refractivity contribution is 5.99. The van der Waals surface area contributed by atoms with Crippen molar-refractivity contribution in [3.8, 4) is 0 Å². The van der Waals surface area contributed by atoms with Gasteiger partial charge in [0.2, 0.25) is 0 Å². The number of likely N-dealkylation sites (N-methyl/N-ethyl adjacent to an activating group) is 1. The Kier molecular flexibility index (Phi) is 3.52. The topological polar surface area (TPSA) is 44.9 Å². The van der Waals surface area contributed by atoms with E-state index in [1.54, 1.807) is 0 Å². The minimum atomic E-state index is 0.632. The van der Waals surface area contributed by atoms with Crippen LogP contribution in [0.4, 0.5) is 11.4 Å². The summed E-state index contributed by atoms with van der Waals surface area (Å²) in [6.45, 7) is 4.76. The van der Waals surface area contributed by atoms with Crippen LogP contribution in [0.2, 0.25) is 0 Å². The van der Waals surface area contributed by atoms with Gasteiger partial charge in [0, 0.05) is 26.7 Å². The number of benzene rings is 1. The van der Waals surface area contributed by atoms with Gasteiger partial charge in [-0.05, 0) is 18.6 Å². The van der Waals surface area contributed by atoms with Gasteiger partial charge in [-0.1, -0.05) is 19.1 Å². The van der Waals surface area contributed by atoms with Crippen molar-refractivity contribution >= 4 is 17.3 Å². The van der Waals surface area contributed by atoms with Gasteiger partial charge in [-0.15, -0.1) is 0 Å². The average Bonchev–Trinajstić information content (AvgIpc) is 2.37. The number of anilines is 2. The summed E-state index contributed by atoms with van der Waals surface area (Å²) in [7, 11) is 2.11. The molecule has 0 aromatic heterocycles. The van der Waals surface area contributed by atoms with Gasteiger partial charge in [0.05, 0.1) is 11.4 Å². The van der Waals surface area contributed by atoms with Gasteiger partial charge in [0.25, 0.3) is 0 Å². The van der Waals surface area contributed by atoms with Gasteiger partial charge in [-0.3, -0.25) is 4.99 Å². The molecule has 0 atom stereocenters. The van der Waals surface area contributed by atoms with Crippen LogP contribution in [0, 0.1) is 0 Å². The molecule has 17 heavy (non-hydrogen) atoms. The van der Waals surface area contributed by atoms with Crippen LogP contribution < -0.4 is 15.5 Å². The molecule has 2 N–H and O–H groups in total. The van der Waals surface area contributed by atoms with E-state index in [-0.39, 0.29) is 0 Å². The smallest absolute Gasteiger partial charge is 0.195 e. The summed E-state index contributed by atoms with van der Waals surface area (Å²) in [5.41, 5.74) is 8.42. The Morgan fingerprint density at radius 1 is 1.29 bits per heavy atom. The molecule has 0 unspecified atom stereocenters. The number of aliphatic imine (C=N–C) groups is 1. The van der Waals surface area contributed by atoms with Crippen LogP contribution in [-0.4, -0.2) is 32.6 Å². The fourth-order valence-electron chi connectivity index (χ4n) is 2.06. The van der Waals surface area contributed by atoms with Gasteiger partial charge in [0.15, 0.2) is 5.96 Å². The van der Waals surface area contributed by atoms with Gasteiger partial charge < -0.3 is 15.5 Å². The fraction of sp³-hybridized carbons (Fsp3) is 0.462. The zero-order valence-electron chi connectivity index (χ0n) is 10.6. The lowest BCUT2D eigenvalue weighted by atomic mass is 10.2. The van der Waals surface area contributed by atoms with Crippen LogP contribution in [0.3, 0.4) is 0 Å². The third-order valence-electron chi connectivity index (χ3n) is 3.02. The Balaban J connectivity index is 2.30. The molecule has 2 rings (SSSR count). The molecule has 1 aromatic rings. The molecule has 0 amide bonds. The van der Waals surface area contributed by atoms with Crippen molar-refractivity contribution in [2.45, 2.75) is 13.3 Å². The molecule has 0 spiro atoms. The van der Waals surface area contributed by atoms with Crippen molar-refractivity contribution in [1.82, 2.24) is 0 Å². The zero-order chi connectivity index (χ0) is 12.3. The number of guanidine groups is 1. The standard InChI is InChI=1S/C13H20N4/c1-3-8-15-13(14)17-10-9-16(2)11-6-4-5-7-12(11)17/h4-7H,3,8-10H2,1-2H3,(H2,14,15). The average molecular weight is 232 g/mol. The number of fused-ring (bicyclic) bond motifs is 1. The molecular formula is C13H20N4. The maximum absolute atomic E-state index is 6.05. The van der Waals surface area contributed by atoms with E-state index in [2.05, 4.69) is 47.0 Å². The number of hydrogen-bond donors (Lipinski definition) is 1. The minimum absolute atomic E-state index is 0.632. The second-order valence-corrected chi connectivity index (χ2v) is 4.30. The summed E-state index contributed by atoms with van der Waals surface area (Å²) in [6.07, 6.45) is 1.02. The Hall–Kier alpha value is -1.71. The predicted molar refractivity (Wildman–Crippen MR) is 73.8 cm³/mol. The number of nitrogens with zero attached hydrogens (tertiary/aromatic N) is 3. The third-order valence-corrected chi connectivity index (χ3v) is 3.02. The quantitative estimate of drug-likeness (QED) is 0.623. The Bertz CT molecular complexity index is 414. The molecule has 92 valence electrons. The second-order valence-electron chi connectivity index (χ2n) is 4.30. The zero-order valence-corrected chi connectivity index (χ0v) is 10.6. The summed E-state index contributed by atoms with van der Waals surface area (Å²) < 4.78 is 0. The number of rotatable bonds is 2. The van der Waals surface area contributed by atoms with Gasteiger partial charge in [0.1, 0.15) is 0 Å². The van der Waals surface area contributed by atoms with Crippen LogP contribution in [0.1, 0.15) is 13.3 Å². The highest BCUT2D eigenvalue weighted by atomic mass is 15.3. The van der Waals surface area contributed by atoms with Crippen molar-refractivity contribution in [2.24, 2.45) is 10.7 Å². The molecule has 0 bridgehead atoms. The molecule has 1 heterocycles. The molecule has 0 radical (unpaired) electrons. The van der Waals surface area contributed by atoms with Gasteiger partial charge in [-0.25, -0.2) is 0 Å². The van der Waals surface area contributed by atoms with Crippen LogP contribution in [0.5, 0.6) is 0 Å². The van der Waals surface area contributed by atoms with Gasteiger partial charge in [-0.2, -0.15) is 0 Å². The highest BCUT2D eigenvalue weighted by Gasteiger charge is 2.21. The fourth-order valence-corrected chi connectivity index (χ4v) is 2.06. The molecule has 4 heteroatoms. The predicted octanol–water partition coefficient (Wildman–Crippen LogP) is 1.67. The Labute approximate surface area is 103 Å². The second kappa shape index (κ2) is 5.08. The normalized spacial score (nSPS) is 16.0. The summed E-state index contributed by atoms with van der Waals surface area (Å²) in [5, 5.41) is 0. The molecule has 1 aliphatic rings. The first-order chi connectivity index (χ1) is 8.24. The first kappa shape index (κ1) is 11.8. The van der Waals surface area contributed by atoms with Crippen LogP contribution in [-0.2, 0) is 0 Å². The van der Waals surface area contributed by atoms with Crippen molar-refractivity contribution in [1.29, 1.82) is 0 Å². The largest absolute Gasteiger partial charge is 0.371 e. The maximum Gasteiger partial charge on any atom is 0.195 e. The maximum atomic E-state index is 6.05. The lowest BCUT2D eigenvalue weighted by Gasteiger charge is -2.36. The van der Waals surface area contributed by atoms with Crippen molar-refractivity contribution in [2.75, 3.05) is 36.5 Å². The molecule has 0 saturated heterocycles. The highest BCUT2D eigenvalue weighted by Crippen LogP contribution is 2.31. The van der Waals surface area contributed by atoms with Crippen LogP contribution in [0.25, 0.3) is 0 Å². The van der Waals surface area contributed by atoms with Crippen LogP contribution in [0.15, 0.2) is 29.3 Å². The summed E-state index contributed by atoms with van der Waals surface area (Å²) in [5.74, 6) is 0.632. The van der Waals surface area contributed by atoms with Crippen molar-refractivity contribution in [3.05, 3.63) is 24.3 Å². The molecule has 0 aliphatic carbocycles. The van der Waals surface area contributed by atoms with E-state index in [0.29, 0.717) is 5.96 Å². The number of para-hydroxylation sites is 2. The lowest BCUT2D eigenvalue weighted by molar-refractivity contribution is 0.823. The van der Waals surface area contributed by atoms with E-state index in [9.17, 15) is 0 Å². The minimum Gasteiger partial charge on any atom is -0.371 e. The summed E-state index contributed by atoms with van der Waals surface area (Å²) in [4.78, 5) is 8.74. The third kappa shape index (κ3) is 2.35. The molecule has 4 nitrogen and oxygen atoms in total. The SMILES string of the molecule is CCCN=C(N)N1CCN(C)c2ccccc21. The number of hydrogen-bond acceptors (Lipinski definition) is 2. The van der Waals surface area contributed by atoms with Crippen molar-refractivity contribution in [3.63, 3.8) is 0 Å². The van der Waals surface area contributed by atoms with E-state index >= 15 is 0 Å². The van der Waals surface area contributed by atoms with E-state index in [4.69, 9.17) is 5.73 Å². The van der Waals surface area contributed by atoms with E-state index < -0.39 is 0 Å². The van der Waals surface area contributed by atoms with Crippen molar-refractivity contribution < 1.29 is 0 Å². The molecular weight excluding hydrogens is 212 g/mol. The van der Waals surface area contributed by atoms with Crippen LogP contribution >= 0.6 is 0 Å². The summed E-state index contributed by atoms with van der Waals surface area (Å²) in [6, 6.07) is 8.31. The molecule has 1 aromatic carbocycles. The first-order valence-corrected chi connectivity index (χ1v) is 6.11. The molecule has 1 aliphatic heterocycles. The van der Waals surface area contributed by atoms with E-state index in [1.165, 1.54) is 5.69 Å². The van der Waals surface area contributed by atoms with Gasteiger partial charge >= 0.3 is 0 Å². The Morgan fingerprint density at radius 3 is 2.71 bits per heavy atom. The number of nitrogens with two attached hydrogens (primary N) is 1. The summed E-state index contributed by atoms with van der Waals surface area (Å²) >= 11 is 0. The van der Waals surface area contributed by atoms with E-state index in [0.717, 1.165) is 31.7 Å². The van der Waals surface area contributed by atoms with E-state index in [1.807, 2.05) is 6.07 Å². The Morgan fingerprint density at radius 2 is 2.00 bits per heavy atom. The first-order valence-electron chi connectivity index (χ1n) is 6.11.